The van der Waals surface area contributed by atoms with Gasteiger partial charge in [0.2, 0.25) is 0 Å². The second-order valence-corrected chi connectivity index (χ2v) is 6.98. The van der Waals surface area contributed by atoms with Crippen molar-refractivity contribution in [2.75, 3.05) is 5.32 Å². The van der Waals surface area contributed by atoms with Gasteiger partial charge in [0.1, 0.15) is 0 Å². The fourth-order valence-electron chi connectivity index (χ4n) is 3.22. The van der Waals surface area contributed by atoms with Crippen LogP contribution in [0.25, 0.3) is 0 Å². The zero-order valence-corrected chi connectivity index (χ0v) is 15.1. The Hall–Kier alpha value is -2.07. The number of benzene rings is 1. The van der Waals surface area contributed by atoms with Crippen molar-refractivity contribution in [1.29, 1.82) is 0 Å². The van der Waals surface area contributed by atoms with Crippen LogP contribution in [0.5, 0.6) is 0 Å². The normalized spacial score (nSPS) is 15.4. The minimum Gasteiger partial charge on any atom is -0.381 e. The highest BCUT2D eigenvalue weighted by atomic mass is 35.5. The average Bonchev–Trinajstić information content (AvgIpc) is 2.90. The minimum atomic E-state index is -0.142. The Morgan fingerprint density at radius 1 is 1.12 bits per heavy atom. The monoisotopic (exact) mass is 357 g/mol. The molecule has 1 saturated carbocycles. The molecule has 4 nitrogen and oxygen atoms in total. The van der Waals surface area contributed by atoms with Crippen LogP contribution in [0.4, 0.5) is 5.69 Å². The van der Waals surface area contributed by atoms with Gasteiger partial charge in [-0.25, -0.2) is 0 Å². The second kappa shape index (κ2) is 8.86. The molecule has 0 bridgehead atoms. The fourth-order valence-corrected chi connectivity index (χ4v) is 3.42. The average molecular weight is 358 g/mol. The van der Waals surface area contributed by atoms with Crippen molar-refractivity contribution in [3.8, 4) is 0 Å². The summed E-state index contributed by atoms with van der Waals surface area (Å²) in [6.45, 7) is 0.402. The van der Waals surface area contributed by atoms with Gasteiger partial charge in [0.05, 0.1) is 11.3 Å². The van der Waals surface area contributed by atoms with Gasteiger partial charge in [-0.15, -0.1) is 0 Å². The number of rotatable bonds is 5. The molecule has 0 unspecified atom stereocenters. The standard InChI is InChI=1S/C20H24ClN3O/c21-19-10-6-5-7-15(19)13-23-20(25)16-11-18(14-22-12-16)24-17-8-3-1-2-4-9-17/h5-7,10-12,14,17,24H,1-4,8-9,13H2,(H,23,25). The lowest BCUT2D eigenvalue weighted by molar-refractivity contribution is 0.0950. The van der Waals surface area contributed by atoms with E-state index in [1.54, 1.807) is 12.4 Å². The molecule has 1 aromatic carbocycles. The molecule has 3 rings (SSSR count). The molecule has 1 heterocycles. The molecule has 2 N–H and O–H groups in total. The summed E-state index contributed by atoms with van der Waals surface area (Å²) in [6, 6.07) is 9.87. The van der Waals surface area contributed by atoms with Crippen LogP contribution in [0.1, 0.15) is 54.4 Å². The molecule has 132 valence electrons. The number of carbonyl (C=O) groups is 1. The van der Waals surface area contributed by atoms with Crippen LogP contribution in [0, 0.1) is 0 Å². The first kappa shape index (κ1) is 17.7. The number of hydrogen-bond donors (Lipinski definition) is 2. The van der Waals surface area contributed by atoms with Crippen LogP contribution >= 0.6 is 11.6 Å². The van der Waals surface area contributed by atoms with Gasteiger partial charge >= 0.3 is 0 Å². The third-order valence-corrected chi connectivity index (χ3v) is 4.99. The van der Waals surface area contributed by atoms with Gasteiger partial charge in [-0.1, -0.05) is 55.5 Å². The molecule has 0 aliphatic heterocycles. The number of halogens is 1. The molecule has 1 aromatic heterocycles. The highest BCUT2D eigenvalue weighted by Crippen LogP contribution is 2.21. The van der Waals surface area contributed by atoms with E-state index in [1.165, 1.54) is 38.5 Å². The lowest BCUT2D eigenvalue weighted by Crippen LogP contribution is -2.24. The fraction of sp³-hybridized carbons (Fsp3) is 0.400. The first-order valence-corrected chi connectivity index (χ1v) is 9.33. The summed E-state index contributed by atoms with van der Waals surface area (Å²) in [4.78, 5) is 16.6. The largest absolute Gasteiger partial charge is 0.381 e. The van der Waals surface area contributed by atoms with Crippen LogP contribution in [0.15, 0.2) is 42.7 Å². The van der Waals surface area contributed by atoms with Crippen molar-refractivity contribution in [2.45, 2.75) is 51.1 Å². The van der Waals surface area contributed by atoms with Crippen molar-refractivity contribution in [2.24, 2.45) is 0 Å². The third kappa shape index (κ3) is 5.20. The van der Waals surface area contributed by atoms with E-state index in [0.717, 1.165) is 11.3 Å². The maximum Gasteiger partial charge on any atom is 0.253 e. The lowest BCUT2D eigenvalue weighted by atomic mass is 10.1. The molecule has 2 aromatic rings. The zero-order chi connectivity index (χ0) is 17.5. The van der Waals surface area contributed by atoms with E-state index < -0.39 is 0 Å². The van der Waals surface area contributed by atoms with Crippen molar-refractivity contribution < 1.29 is 4.79 Å². The Morgan fingerprint density at radius 2 is 1.88 bits per heavy atom. The van der Waals surface area contributed by atoms with E-state index in [4.69, 9.17) is 11.6 Å². The molecule has 0 saturated heterocycles. The van der Waals surface area contributed by atoms with Crippen molar-refractivity contribution in [3.63, 3.8) is 0 Å². The van der Waals surface area contributed by atoms with Crippen molar-refractivity contribution in [1.82, 2.24) is 10.3 Å². The topological polar surface area (TPSA) is 54.0 Å². The highest BCUT2D eigenvalue weighted by molar-refractivity contribution is 6.31. The molecule has 0 spiro atoms. The zero-order valence-electron chi connectivity index (χ0n) is 14.3. The van der Waals surface area contributed by atoms with E-state index in [9.17, 15) is 4.79 Å². The summed E-state index contributed by atoms with van der Waals surface area (Å²) < 4.78 is 0. The molecule has 1 fully saturated rings. The first-order chi connectivity index (χ1) is 12.2. The first-order valence-electron chi connectivity index (χ1n) is 8.95. The third-order valence-electron chi connectivity index (χ3n) is 4.62. The highest BCUT2D eigenvalue weighted by Gasteiger charge is 2.13. The number of pyridine rings is 1. The summed E-state index contributed by atoms with van der Waals surface area (Å²) >= 11 is 6.13. The maximum atomic E-state index is 12.4. The van der Waals surface area contributed by atoms with Crippen LogP contribution in [-0.2, 0) is 6.54 Å². The van der Waals surface area contributed by atoms with Gasteiger partial charge in [-0.05, 0) is 30.5 Å². The second-order valence-electron chi connectivity index (χ2n) is 6.57. The van der Waals surface area contributed by atoms with Crippen molar-refractivity contribution >= 4 is 23.2 Å². The van der Waals surface area contributed by atoms with Crippen LogP contribution < -0.4 is 10.6 Å². The molecule has 0 radical (unpaired) electrons. The molecular formula is C20H24ClN3O. The SMILES string of the molecule is O=C(NCc1ccccc1Cl)c1cncc(NC2CCCCCC2)c1. The van der Waals surface area contributed by atoms with E-state index in [-0.39, 0.29) is 5.91 Å². The molecule has 1 aliphatic carbocycles. The molecule has 1 amide bonds. The number of nitrogens with zero attached hydrogens (tertiary/aromatic N) is 1. The van der Waals surface area contributed by atoms with Gasteiger partial charge in [-0.2, -0.15) is 0 Å². The number of amides is 1. The summed E-state index contributed by atoms with van der Waals surface area (Å²) in [5.41, 5.74) is 2.38. The van der Waals surface area contributed by atoms with E-state index >= 15 is 0 Å². The van der Waals surface area contributed by atoms with E-state index in [0.29, 0.717) is 23.2 Å². The van der Waals surface area contributed by atoms with Gasteiger partial charge in [0, 0.05) is 30.0 Å². The number of nitrogens with one attached hydrogen (secondary N) is 2. The minimum absolute atomic E-state index is 0.142. The Balaban J connectivity index is 1.60. The van der Waals surface area contributed by atoms with Gasteiger partial charge < -0.3 is 10.6 Å². The molecule has 5 heteroatoms. The summed E-state index contributed by atoms with van der Waals surface area (Å²) in [5, 5.41) is 7.10. The van der Waals surface area contributed by atoms with Crippen LogP contribution in [-0.4, -0.2) is 16.9 Å². The number of carbonyl (C=O) groups excluding carboxylic acids is 1. The van der Waals surface area contributed by atoms with Crippen LogP contribution in [0.2, 0.25) is 5.02 Å². The Labute approximate surface area is 154 Å². The maximum absolute atomic E-state index is 12.4. The van der Waals surface area contributed by atoms with Crippen molar-refractivity contribution in [3.05, 3.63) is 58.9 Å². The lowest BCUT2D eigenvalue weighted by Gasteiger charge is -2.17. The van der Waals surface area contributed by atoms with E-state index in [2.05, 4.69) is 15.6 Å². The number of anilines is 1. The predicted molar refractivity (Wildman–Crippen MR) is 102 cm³/mol. The smallest absolute Gasteiger partial charge is 0.253 e. The molecule has 1 aliphatic rings. The van der Waals surface area contributed by atoms with Gasteiger partial charge in [0.15, 0.2) is 0 Å². The molecule has 0 atom stereocenters. The van der Waals surface area contributed by atoms with Gasteiger partial charge in [0.25, 0.3) is 5.91 Å². The Kier molecular flexibility index (Phi) is 6.29. The summed E-state index contributed by atoms with van der Waals surface area (Å²) in [6.07, 6.45) is 10.9. The number of hydrogen-bond acceptors (Lipinski definition) is 3. The van der Waals surface area contributed by atoms with Crippen LogP contribution in [0.3, 0.4) is 0 Å². The number of aromatic nitrogens is 1. The van der Waals surface area contributed by atoms with Gasteiger partial charge in [-0.3, -0.25) is 9.78 Å². The Morgan fingerprint density at radius 3 is 2.64 bits per heavy atom. The summed E-state index contributed by atoms with van der Waals surface area (Å²) in [5.74, 6) is -0.142. The quantitative estimate of drug-likeness (QED) is 0.756. The molecule has 25 heavy (non-hydrogen) atoms. The molecular weight excluding hydrogens is 334 g/mol. The predicted octanol–water partition coefficient (Wildman–Crippen LogP) is 4.80. The Bertz CT molecular complexity index is 712. The summed E-state index contributed by atoms with van der Waals surface area (Å²) in [7, 11) is 0. The van der Waals surface area contributed by atoms with E-state index in [1.807, 2.05) is 30.3 Å².